The van der Waals surface area contributed by atoms with E-state index in [1.165, 1.54) is 25.7 Å². The number of aliphatic hydroxyl groups is 3. The molecule has 56 heavy (non-hydrogen) atoms. The van der Waals surface area contributed by atoms with E-state index in [0.29, 0.717) is 13.0 Å². The van der Waals surface area contributed by atoms with Gasteiger partial charge in [-0.15, -0.1) is 0 Å². The molecule has 0 spiro atoms. The lowest BCUT2D eigenvalue weighted by molar-refractivity contribution is -0.301. The fourth-order valence-electron chi connectivity index (χ4n) is 5.94. The number of carbonyl (C=O) groups excluding carboxylic acids is 1. The Hall–Kier alpha value is -2.20. The normalized spacial score (nSPS) is 21.4. The zero-order valence-corrected chi connectivity index (χ0v) is 35.0. The van der Waals surface area contributed by atoms with Gasteiger partial charge < -0.3 is 34.3 Å². The van der Waals surface area contributed by atoms with E-state index >= 15 is 0 Å². The molecule has 12 nitrogen and oxygen atoms in total. The van der Waals surface area contributed by atoms with Crippen molar-refractivity contribution in [1.29, 1.82) is 0 Å². The fourth-order valence-corrected chi connectivity index (χ4v) is 6.45. The molecule has 6 atom stereocenters. The predicted molar refractivity (Wildman–Crippen MR) is 220 cm³/mol. The zero-order chi connectivity index (χ0) is 41.1. The van der Waals surface area contributed by atoms with Crippen molar-refractivity contribution in [2.45, 2.75) is 179 Å². The third-order valence-electron chi connectivity index (χ3n) is 9.12. The van der Waals surface area contributed by atoms with E-state index in [2.05, 4.69) is 78.8 Å². The van der Waals surface area contributed by atoms with Crippen LogP contribution in [0.15, 0.2) is 60.8 Å². The summed E-state index contributed by atoms with van der Waals surface area (Å²) in [5, 5.41) is 30.6. The standard InChI is InChI=1S/C43H74O12S/c1-3-5-7-9-11-13-15-17-18-19-20-21-22-24-26-28-30-32-39(45)53-37(35-51-33-31-29-27-25-23-16-14-12-10-8-6-4-2)36-52-43-41(47)42(55-56(48,49)50)40(46)38(34-44)54-43/h5,7,10-13,17-18,20-21,37-38,40-44,46-47H,3-4,6,8-9,14-16,19,22-36H2,1-2H3,(H,48,49,50)/b7-5-,12-10-,13-11-,18-17-,21-20-. The number of ether oxygens (including phenoxy) is 4. The summed E-state index contributed by atoms with van der Waals surface area (Å²) in [4.78, 5) is 12.8. The highest BCUT2D eigenvalue weighted by atomic mass is 32.3. The quantitative estimate of drug-likeness (QED) is 0.0209. The van der Waals surface area contributed by atoms with Gasteiger partial charge in [-0.25, -0.2) is 4.18 Å². The average molecular weight is 815 g/mol. The van der Waals surface area contributed by atoms with E-state index in [0.717, 1.165) is 89.9 Å². The number of carbonyl (C=O) groups is 1. The maximum absolute atomic E-state index is 12.8. The third-order valence-corrected chi connectivity index (χ3v) is 9.59. The number of aliphatic hydroxyl groups excluding tert-OH is 3. The summed E-state index contributed by atoms with van der Waals surface area (Å²) in [5.41, 5.74) is 0. The van der Waals surface area contributed by atoms with Crippen molar-refractivity contribution >= 4 is 16.4 Å². The molecule has 13 heteroatoms. The molecule has 1 aliphatic rings. The molecule has 6 unspecified atom stereocenters. The van der Waals surface area contributed by atoms with Crippen LogP contribution >= 0.6 is 0 Å². The predicted octanol–water partition coefficient (Wildman–Crippen LogP) is 8.18. The van der Waals surface area contributed by atoms with Gasteiger partial charge >= 0.3 is 16.4 Å². The van der Waals surface area contributed by atoms with Crippen LogP contribution in [0.5, 0.6) is 0 Å². The lowest BCUT2D eigenvalue weighted by Gasteiger charge is -2.41. The number of esters is 1. The first-order chi connectivity index (χ1) is 27.1. The van der Waals surface area contributed by atoms with Gasteiger partial charge in [-0.05, 0) is 70.6 Å². The van der Waals surface area contributed by atoms with Gasteiger partial charge in [-0.1, -0.05) is 126 Å². The highest BCUT2D eigenvalue weighted by molar-refractivity contribution is 7.80. The summed E-state index contributed by atoms with van der Waals surface area (Å²) in [6, 6.07) is 0. The molecule has 324 valence electrons. The minimum atomic E-state index is -5.07. The largest absolute Gasteiger partial charge is 0.457 e. The molecule has 0 radical (unpaired) electrons. The molecule has 0 aromatic heterocycles. The molecule has 0 aromatic rings. The number of rotatable bonds is 35. The van der Waals surface area contributed by atoms with E-state index in [1.54, 1.807) is 0 Å². The van der Waals surface area contributed by atoms with Gasteiger partial charge in [0.25, 0.3) is 0 Å². The van der Waals surface area contributed by atoms with Crippen LogP contribution in [0.1, 0.15) is 142 Å². The van der Waals surface area contributed by atoms with Gasteiger partial charge in [0.1, 0.15) is 30.5 Å². The van der Waals surface area contributed by atoms with Crippen molar-refractivity contribution in [3.05, 3.63) is 60.8 Å². The van der Waals surface area contributed by atoms with Gasteiger partial charge in [0.2, 0.25) is 0 Å². The third kappa shape index (κ3) is 28.2. The SMILES string of the molecule is CC/C=C\C/C=C\C/C=C\C/C=C\CCCCCCC(=O)OC(COCCCCCCCC/C=C\CCCC)COC1OC(CO)C(O)C(OS(=O)(=O)O)C1O. The topological polar surface area (TPSA) is 178 Å². The van der Waals surface area contributed by atoms with Crippen LogP contribution in [0.2, 0.25) is 0 Å². The van der Waals surface area contributed by atoms with Gasteiger partial charge in [-0.3, -0.25) is 9.35 Å². The van der Waals surface area contributed by atoms with Crippen LogP contribution in [-0.4, -0.2) is 97.5 Å². The molecule has 0 aliphatic carbocycles. The van der Waals surface area contributed by atoms with E-state index in [4.69, 9.17) is 23.5 Å². The smallest absolute Gasteiger partial charge is 0.397 e. The molecule has 0 amide bonds. The van der Waals surface area contributed by atoms with Gasteiger partial charge in [-0.2, -0.15) is 8.42 Å². The first-order valence-electron chi connectivity index (χ1n) is 21.0. The number of hydrogen-bond acceptors (Lipinski definition) is 11. The zero-order valence-electron chi connectivity index (χ0n) is 34.2. The Balaban J connectivity index is 2.49. The fraction of sp³-hybridized carbons (Fsp3) is 0.744. The maximum atomic E-state index is 12.8. The van der Waals surface area contributed by atoms with Crippen molar-refractivity contribution in [3.8, 4) is 0 Å². The Bertz CT molecular complexity index is 1220. The van der Waals surface area contributed by atoms with Crippen molar-refractivity contribution in [3.63, 3.8) is 0 Å². The van der Waals surface area contributed by atoms with Crippen LogP contribution in [-0.2, 0) is 38.3 Å². The molecule has 0 saturated carbocycles. The molecule has 0 aromatic carbocycles. The Morgan fingerprint density at radius 1 is 0.696 bits per heavy atom. The molecule has 4 N–H and O–H groups in total. The highest BCUT2D eigenvalue weighted by Gasteiger charge is 2.48. The van der Waals surface area contributed by atoms with Gasteiger partial charge in [0.15, 0.2) is 6.29 Å². The maximum Gasteiger partial charge on any atom is 0.397 e. The molecular weight excluding hydrogens is 741 g/mol. The second kappa shape index (κ2) is 34.8. The molecule has 1 rings (SSSR count). The summed E-state index contributed by atoms with van der Waals surface area (Å²) < 4.78 is 58.9. The second-order valence-corrected chi connectivity index (χ2v) is 15.2. The van der Waals surface area contributed by atoms with Crippen LogP contribution in [0.3, 0.4) is 0 Å². The summed E-state index contributed by atoms with van der Waals surface area (Å²) in [5.74, 6) is -0.428. The van der Waals surface area contributed by atoms with Crippen molar-refractivity contribution in [2.24, 2.45) is 0 Å². The van der Waals surface area contributed by atoms with E-state index < -0.39 is 59.8 Å². The van der Waals surface area contributed by atoms with Crippen molar-refractivity contribution < 1.29 is 56.2 Å². The first kappa shape index (κ1) is 51.8. The molecule has 1 saturated heterocycles. The van der Waals surface area contributed by atoms with E-state index in [9.17, 15) is 28.5 Å². The number of unbranched alkanes of at least 4 members (excludes halogenated alkanes) is 12. The first-order valence-corrected chi connectivity index (χ1v) is 22.4. The Morgan fingerprint density at radius 3 is 1.82 bits per heavy atom. The Kier molecular flexibility index (Phi) is 32.2. The minimum absolute atomic E-state index is 0.0186. The second-order valence-electron chi connectivity index (χ2n) is 14.2. The number of hydrogen-bond donors (Lipinski definition) is 4. The van der Waals surface area contributed by atoms with Crippen molar-refractivity contribution in [1.82, 2.24) is 0 Å². The van der Waals surface area contributed by atoms with Crippen LogP contribution in [0.25, 0.3) is 0 Å². The highest BCUT2D eigenvalue weighted by Crippen LogP contribution is 2.26. The molecular formula is C43H74O12S. The van der Waals surface area contributed by atoms with Crippen LogP contribution in [0.4, 0.5) is 0 Å². The van der Waals surface area contributed by atoms with E-state index in [1.807, 2.05) is 0 Å². The van der Waals surface area contributed by atoms with Crippen molar-refractivity contribution in [2.75, 3.05) is 26.4 Å². The van der Waals surface area contributed by atoms with Gasteiger partial charge in [0.05, 0.1) is 19.8 Å². The lowest BCUT2D eigenvalue weighted by atomic mass is 9.99. The summed E-state index contributed by atoms with van der Waals surface area (Å²) in [7, 11) is -5.07. The van der Waals surface area contributed by atoms with E-state index in [-0.39, 0.29) is 19.6 Å². The van der Waals surface area contributed by atoms with Crippen LogP contribution in [0, 0.1) is 0 Å². The Morgan fingerprint density at radius 2 is 1.23 bits per heavy atom. The monoisotopic (exact) mass is 814 g/mol. The Labute approximate surface area is 338 Å². The molecule has 1 heterocycles. The lowest BCUT2D eigenvalue weighted by Crippen LogP contribution is -2.60. The molecule has 0 bridgehead atoms. The minimum Gasteiger partial charge on any atom is -0.457 e. The van der Waals surface area contributed by atoms with Crippen LogP contribution < -0.4 is 0 Å². The summed E-state index contributed by atoms with van der Waals surface area (Å²) >= 11 is 0. The molecule has 1 aliphatic heterocycles. The number of allylic oxidation sites excluding steroid dienone is 10. The summed E-state index contributed by atoms with van der Waals surface area (Å²) in [6.45, 7) is 3.77. The molecule has 1 fully saturated rings. The average Bonchev–Trinajstić information content (AvgIpc) is 3.17. The van der Waals surface area contributed by atoms with Gasteiger partial charge in [0, 0.05) is 13.0 Å². The summed E-state index contributed by atoms with van der Waals surface area (Å²) in [6.07, 6.45) is 32.6.